The maximum Gasteiger partial charge on any atom is 0.273 e. The number of allylic oxidation sites excluding steroid dienone is 2. The number of benzene rings is 2. The summed E-state index contributed by atoms with van der Waals surface area (Å²) in [5.74, 6) is -5.83. The van der Waals surface area contributed by atoms with Crippen molar-refractivity contribution >= 4 is 105 Å². The first kappa shape index (κ1) is 28.8. The lowest BCUT2D eigenvalue weighted by molar-refractivity contribution is -0.154. The lowest BCUT2D eigenvalue weighted by Gasteiger charge is -2.36. The Labute approximate surface area is 257 Å². The van der Waals surface area contributed by atoms with Crippen molar-refractivity contribution in [3.8, 4) is 5.75 Å². The predicted molar refractivity (Wildman–Crippen MR) is 149 cm³/mol. The van der Waals surface area contributed by atoms with E-state index in [0.717, 1.165) is 5.01 Å². The largest absolute Gasteiger partial charge is 0.497 e. The van der Waals surface area contributed by atoms with Crippen LogP contribution >= 0.6 is 81.2 Å². The number of imide groups is 1. The van der Waals surface area contributed by atoms with E-state index in [4.69, 9.17) is 85.9 Å². The third-order valence-electron chi connectivity index (χ3n) is 7.16. The van der Waals surface area contributed by atoms with Crippen LogP contribution < -0.4 is 4.74 Å². The number of carbonyl (C=O) groups is 4. The lowest BCUT2D eigenvalue weighted by Crippen LogP contribution is -2.56. The van der Waals surface area contributed by atoms with E-state index in [1.165, 1.54) is 43.5 Å². The van der Waals surface area contributed by atoms with Gasteiger partial charge in [0.1, 0.15) is 22.0 Å². The van der Waals surface area contributed by atoms with Crippen LogP contribution in [0.1, 0.15) is 20.7 Å². The van der Waals surface area contributed by atoms with Crippen molar-refractivity contribution in [2.45, 2.75) is 14.1 Å². The van der Waals surface area contributed by atoms with Gasteiger partial charge in [0.2, 0.25) is 0 Å². The average molecular weight is 672 g/mol. The number of hydrazine groups is 1. The molecule has 0 spiro atoms. The number of hydrogen-bond acceptors (Lipinski definition) is 5. The molecule has 4 atom stereocenters. The molecule has 2 aromatic rings. The lowest BCUT2D eigenvalue weighted by atomic mass is 9.84. The van der Waals surface area contributed by atoms with Crippen LogP contribution in [0.25, 0.3) is 0 Å². The number of methoxy groups -OCH3 is 1. The number of ketones is 1. The Morgan fingerprint density at radius 3 is 1.74 bits per heavy atom. The number of hydrogen-bond donors (Lipinski definition) is 0. The zero-order valence-electron chi connectivity index (χ0n) is 19.6. The molecule has 204 valence electrons. The van der Waals surface area contributed by atoms with Gasteiger partial charge in [-0.2, -0.15) is 5.01 Å². The number of halogens is 7. The van der Waals surface area contributed by atoms with E-state index < -0.39 is 56.0 Å². The Morgan fingerprint density at radius 2 is 1.28 bits per heavy atom. The summed E-state index contributed by atoms with van der Waals surface area (Å²) in [6, 6.07) is 11.7. The quantitative estimate of drug-likeness (QED) is 0.213. The van der Waals surface area contributed by atoms with Gasteiger partial charge in [0.05, 0.1) is 29.0 Å². The first-order valence-corrected chi connectivity index (χ1v) is 13.8. The van der Waals surface area contributed by atoms with Gasteiger partial charge in [0, 0.05) is 16.1 Å². The van der Waals surface area contributed by atoms with Crippen LogP contribution in [0.3, 0.4) is 0 Å². The van der Waals surface area contributed by atoms with Crippen molar-refractivity contribution in [1.29, 1.82) is 0 Å². The molecule has 0 aromatic heterocycles. The zero-order valence-corrected chi connectivity index (χ0v) is 24.9. The highest BCUT2D eigenvalue weighted by molar-refractivity contribution is 6.66. The maximum atomic E-state index is 13.9. The van der Waals surface area contributed by atoms with Crippen molar-refractivity contribution in [2.24, 2.45) is 11.8 Å². The fourth-order valence-corrected chi connectivity index (χ4v) is 8.25. The van der Waals surface area contributed by atoms with Gasteiger partial charge in [0.15, 0.2) is 10.1 Å². The number of Topliss-reactive ketones (excluding diaryl/α,β-unsaturated/α-hetero) is 1. The van der Waals surface area contributed by atoms with Crippen LogP contribution in [0.2, 0.25) is 5.02 Å². The van der Waals surface area contributed by atoms with Gasteiger partial charge in [0.25, 0.3) is 17.7 Å². The molecule has 2 fully saturated rings. The summed E-state index contributed by atoms with van der Waals surface area (Å²) in [5, 5.41) is 1.06. The molecule has 0 N–H and O–H groups in total. The van der Waals surface area contributed by atoms with Crippen molar-refractivity contribution in [3.63, 3.8) is 0 Å². The summed E-state index contributed by atoms with van der Waals surface area (Å²) < 4.78 is 2.97. The van der Waals surface area contributed by atoms with Crippen LogP contribution in [0.15, 0.2) is 58.6 Å². The molecule has 2 aliphatic carbocycles. The van der Waals surface area contributed by atoms with Crippen molar-refractivity contribution in [1.82, 2.24) is 10.0 Å². The molecule has 0 unspecified atom stereocenters. The number of ether oxygens (including phenoxy) is 1. The molecule has 2 bridgehead atoms. The van der Waals surface area contributed by atoms with Gasteiger partial charge in [-0.05, 0) is 48.5 Å². The van der Waals surface area contributed by atoms with Crippen molar-refractivity contribution in [2.75, 3.05) is 13.7 Å². The Morgan fingerprint density at radius 1 is 0.821 bits per heavy atom. The Bertz CT molecular complexity index is 1420. The molecule has 1 saturated carbocycles. The molecule has 39 heavy (non-hydrogen) atoms. The Kier molecular flexibility index (Phi) is 7.16. The standard InChI is InChI=1S/C25H15Cl7N2O5/c1-39-14-8-4-11(5-9-14)15(35)10-33(20(36)12-2-6-13(26)7-3-12)34-21(37)16-17(22(34)38)24(30)19(28)18(27)23(16,29)25(24,31)32/h2-9,16-17H,10H2,1H3/t16-,17-,23+,24+/m0/s1. The number of fused-ring (bicyclic) bond motifs is 5. The van der Waals surface area contributed by atoms with Crippen LogP contribution in [-0.4, -0.2) is 61.3 Å². The topological polar surface area (TPSA) is 84.0 Å². The van der Waals surface area contributed by atoms with E-state index in [2.05, 4.69) is 0 Å². The van der Waals surface area contributed by atoms with E-state index in [0.29, 0.717) is 15.8 Å². The molecular weight excluding hydrogens is 656 g/mol. The molecule has 1 heterocycles. The first-order chi connectivity index (χ1) is 18.2. The van der Waals surface area contributed by atoms with Gasteiger partial charge in [-0.3, -0.25) is 19.2 Å². The van der Waals surface area contributed by atoms with E-state index in [1.54, 1.807) is 12.1 Å². The van der Waals surface area contributed by atoms with Gasteiger partial charge >= 0.3 is 0 Å². The van der Waals surface area contributed by atoms with Crippen LogP contribution in [0.4, 0.5) is 0 Å². The number of amides is 3. The Hall–Kier alpha value is -1.71. The Balaban J connectivity index is 1.58. The van der Waals surface area contributed by atoms with E-state index in [-0.39, 0.29) is 21.2 Å². The molecule has 14 heteroatoms. The second-order valence-corrected chi connectivity index (χ2v) is 12.8. The fraction of sp³-hybridized carbons (Fsp3) is 0.280. The highest BCUT2D eigenvalue weighted by atomic mass is 35.5. The summed E-state index contributed by atoms with van der Waals surface area (Å²) in [7, 11) is 1.47. The number of alkyl halides is 4. The van der Waals surface area contributed by atoms with Crippen LogP contribution in [0.5, 0.6) is 5.75 Å². The summed E-state index contributed by atoms with van der Waals surface area (Å²) in [5.41, 5.74) is 0.238. The third-order valence-corrected chi connectivity index (χ3v) is 11.7. The number of rotatable bonds is 6. The second kappa shape index (κ2) is 9.69. The third kappa shape index (κ3) is 3.78. The molecule has 1 saturated heterocycles. The van der Waals surface area contributed by atoms with Gasteiger partial charge < -0.3 is 4.74 Å². The molecule has 1 aliphatic heterocycles. The van der Waals surface area contributed by atoms with E-state index >= 15 is 0 Å². The minimum atomic E-state index is -2.14. The SMILES string of the molecule is COc1ccc(C(=O)CN(C(=O)c2ccc(Cl)cc2)N2C(=O)[C@@H]3[C@@H](C2=O)[C@@]2(Cl)C(Cl)=C(Cl)[C@@]3(Cl)C2(Cl)Cl)cc1. The molecule has 3 amide bonds. The monoisotopic (exact) mass is 668 g/mol. The highest BCUT2D eigenvalue weighted by Crippen LogP contribution is 2.77. The maximum absolute atomic E-state index is 13.9. The van der Waals surface area contributed by atoms with Crippen molar-refractivity contribution in [3.05, 3.63) is 74.7 Å². The van der Waals surface area contributed by atoms with Gasteiger partial charge in [-0.15, -0.1) is 23.2 Å². The van der Waals surface area contributed by atoms with Crippen LogP contribution in [0, 0.1) is 11.8 Å². The zero-order chi connectivity index (χ0) is 28.7. The summed E-state index contributed by atoms with van der Waals surface area (Å²) in [6.07, 6.45) is 0. The molecule has 5 rings (SSSR count). The molecular formula is C25H15Cl7N2O5. The molecule has 2 aromatic carbocycles. The second-order valence-electron chi connectivity index (χ2n) is 9.09. The summed E-state index contributed by atoms with van der Waals surface area (Å²) >= 11 is 45.3. The van der Waals surface area contributed by atoms with E-state index in [1.807, 2.05) is 0 Å². The smallest absolute Gasteiger partial charge is 0.273 e. The molecule has 7 nitrogen and oxygen atoms in total. The first-order valence-electron chi connectivity index (χ1n) is 11.2. The average Bonchev–Trinajstić information content (AvgIpc) is 3.30. The summed E-state index contributed by atoms with van der Waals surface area (Å²) in [4.78, 5) is 50.6. The minimum Gasteiger partial charge on any atom is -0.497 e. The van der Waals surface area contributed by atoms with Gasteiger partial charge in [-0.1, -0.05) is 58.0 Å². The van der Waals surface area contributed by atoms with Crippen molar-refractivity contribution < 1.29 is 23.9 Å². The molecule has 3 aliphatic rings. The van der Waals surface area contributed by atoms with E-state index in [9.17, 15) is 19.2 Å². The highest BCUT2D eigenvalue weighted by Gasteiger charge is 2.88. The predicted octanol–water partition coefficient (Wildman–Crippen LogP) is 6.04. The number of nitrogens with zero attached hydrogens (tertiary/aromatic N) is 2. The summed E-state index contributed by atoms with van der Waals surface area (Å²) in [6.45, 7) is -0.697. The normalized spacial score (nSPS) is 28.7. The van der Waals surface area contributed by atoms with Gasteiger partial charge in [-0.25, -0.2) is 5.01 Å². The number of carbonyl (C=O) groups excluding carboxylic acids is 4. The fourth-order valence-electron chi connectivity index (χ4n) is 5.20. The molecule has 0 radical (unpaired) electrons. The van der Waals surface area contributed by atoms with Crippen LogP contribution in [-0.2, 0) is 9.59 Å². The minimum absolute atomic E-state index is 0.0435.